The minimum absolute atomic E-state index is 0.0872. The molecule has 0 saturated carbocycles. The van der Waals surface area contributed by atoms with Gasteiger partial charge in [0.25, 0.3) is 5.91 Å². The average Bonchev–Trinajstić information content (AvgIpc) is 3.11. The van der Waals surface area contributed by atoms with Crippen LogP contribution in [0.1, 0.15) is 26.2 Å². The zero-order valence-electron chi connectivity index (χ0n) is 13.9. The van der Waals surface area contributed by atoms with E-state index in [1.807, 2.05) is 6.07 Å². The number of likely N-dealkylation sites (tertiary alicyclic amines) is 1. The smallest absolute Gasteiger partial charge is 0.252 e. The number of nitrogens with zero attached hydrogens (tertiary/aromatic N) is 2. The molecule has 0 bridgehead atoms. The molecule has 7 heteroatoms. The van der Waals surface area contributed by atoms with Gasteiger partial charge in [-0.25, -0.2) is 0 Å². The molecule has 1 aromatic carbocycles. The number of carbonyl (C=O) groups excluding carboxylic acids is 3. The van der Waals surface area contributed by atoms with Crippen LogP contribution in [0, 0.1) is 0 Å². The van der Waals surface area contributed by atoms with E-state index in [9.17, 15) is 14.4 Å². The van der Waals surface area contributed by atoms with Gasteiger partial charge in [0.05, 0.1) is 19.2 Å². The number of nitrogens with one attached hydrogen (secondary N) is 1. The Kier molecular flexibility index (Phi) is 4.42. The SMILES string of the molecule is CCN1C(=O)C[C@H](Nc2ccc(N3CCCC3=O)c(OC)c2)C1=O. The van der Waals surface area contributed by atoms with Gasteiger partial charge in [-0.15, -0.1) is 0 Å². The van der Waals surface area contributed by atoms with Crippen LogP contribution in [0.2, 0.25) is 0 Å². The van der Waals surface area contributed by atoms with E-state index in [0.29, 0.717) is 30.9 Å². The molecule has 0 unspecified atom stereocenters. The number of carbonyl (C=O) groups is 3. The molecule has 0 aliphatic carbocycles. The molecular weight excluding hydrogens is 310 g/mol. The van der Waals surface area contributed by atoms with Gasteiger partial charge in [-0.2, -0.15) is 0 Å². The van der Waals surface area contributed by atoms with Gasteiger partial charge in [-0.3, -0.25) is 19.3 Å². The normalized spacial score (nSPS) is 20.9. The van der Waals surface area contributed by atoms with Crippen molar-refractivity contribution in [1.82, 2.24) is 4.90 Å². The Hall–Kier alpha value is -2.57. The Morgan fingerprint density at radius 3 is 2.62 bits per heavy atom. The predicted molar refractivity (Wildman–Crippen MR) is 89.0 cm³/mol. The number of hydrogen-bond acceptors (Lipinski definition) is 5. The van der Waals surface area contributed by atoms with E-state index >= 15 is 0 Å². The van der Waals surface area contributed by atoms with Gasteiger partial charge in [-0.05, 0) is 25.5 Å². The molecule has 2 heterocycles. The molecule has 1 aromatic rings. The molecule has 0 radical (unpaired) electrons. The van der Waals surface area contributed by atoms with Gasteiger partial charge < -0.3 is 15.0 Å². The average molecular weight is 331 g/mol. The topological polar surface area (TPSA) is 79.0 Å². The van der Waals surface area contributed by atoms with Crippen molar-refractivity contribution in [1.29, 1.82) is 0 Å². The molecule has 2 saturated heterocycles. The lowest BCUT2D eigenvalue weighted by Crippen LogP contribution is -2.34. The lowest BCUT2D eigenvalue weighted by molar-refractivity contribution is -0.138. The molecular formula is C17H21N3O4. The number of likely N-dealkylation sites (N-methyl/N-ethyl adjacent to an activating group) is 1. The summed E-state index contributed by atoms with van der Waals surface area (Å²) in [6.07, 6.45) is 1.55. The van der Waals surface area contributed by atoms with Crippen LogP contribution in [0.5, 0.6) is 5.75 Å². The van der Waals surface area contributed by atoms with Gasteiger partial charge in [0.2, 0.25) is 11.8 Å². The highest BCUT2D eigenvalue weighted by atomic mass is 16.5. The van der Waals surface area contributed by atoms with Gasteiger partial charge in [0.1, 0.15) is 11.8 Å². The first-order valence-corrected chi connectivity index (χ1v) is 8.14. The van der Waals surface area contributed by atoms with Crippen LogP contribution in [0.25, 0.3) is 0 Å². The summed E-state index contributed by atoms with van der Waals surface area (Å²) in [6.45, 7) is 2.85. The second-order valence-corrected chi connectivity index (χ2v) is 5.91. The Labute approximate surface area is 140 Å². The number of amides is 3. The highest BCUT2D eigenvalue weighted by molar-refractivity contribution is 6.06. The van der Waals surface area contributed by atoms with E-state index in [-0.39, 0.29) is 24.1 Å². The molecule has 1 N–H and O–H groups in total. The van der Waals surface area contributed by atoms with E-state index in [0.717, 1.165) is 12.1 Å². The third-order valence-corrected chi connectivity index (χ3v) is 4.44. The minimum atomic E-state index is -0.554. The first-order valence-electron chi connectivity index (χ1n) is 8.14. The zero-order valence-corrected chi connectivity index (χ0v) is 13.9. The van der Waals surface area contributed by atoms with Crippen LogP contribution in [0.15, 0.2) is 18.2 Å². The van der Waals surface area contributed by atoms with Crippen molar-refractivity contribution in [3.8, 4) is 5.75 Å². The highest BCUT2D eigenvalue weighted by Crippen LogP contribution is 2.34. The number of ether oxygens (including phenoxy) is 1. The molecule has 2 aliphatic heterocycles. The Morgan fingerprint density at radius 1 is 1.25 bits per heavy atom. The quantitative estimate of drug-likeness (QED) is 0.825. The van der Waals surface area contributed by atoms with Gasteiger partial charge in [0, 0.05) is 31.3 Å². The number of benzene rings is 1. The van der Waals surface area contributed by atoms with Crippen molar-refractivity contribution >= 4 is 29.1 Å². The first-order chi connectivity index (χ1) is 11.5. The monoisotopic (exact) mass is 331 g/mol. The van der Waals surface area contributed by atoms with Crippen LogP contribution in [-0.2, 0) is 14.4 Å². The Morgan fingerprint density at radius 2 is 2.04 bits per heavy atom. The molecule has 7 nitrogen and oxygen atoms in total. The molecule has 128 valence electrons. The summed E-state index contributed by atoms with van der Waals surface area (Å²) >= 11 is 0. The van der Waals surface area contributed by atoms with E-state index in [1.165, 1.54) is 4.90 Å². The Bertz CT molecular complexity index is 688. The highest BCUT2D eigenvalue weighted by Gasteiger charge is 2.37. The third kappa shape index (κ3) is 2.81. The number of methoxy groups -OCH3 is 1. The third-order valence-electron chi connectivity index (χ3n) is 4.44. The predicted octanol–water partition coefficient (Wildman–Crippen LogP) is 1.38. The van der Waals surface area contributed by atoms with Crippen LogP contribution in [-0.4, -0.2) is 48.9 Å². The molecule has 2 fully saturated rings. The standard InChI is InChI=1S/C17H21N3O4/c1-3-19-16(22)10-12(17(19)23)18-11-6-7-13(14(9-11)24-2)20-8-4-5-15(20)21/h6-7,9,12,18H,3-5,8,10H2,1-2H3/t12-/m0/s1. The number of rotatable bonds is 5. The summed E-state index contributed by atoms with van der Waals surface area (Å²) in [5, 5.41) is 3.09. The fraction of sp³-hybridized carbons (Fsp3) is 0.471. The lowest BCUT2D eigenvalue weighted by atomic mass is 10.2. The van der Waals surface area contributed by atoms with Crippen molar-refractivity contribution in [2.45, 2.75) is 32.2 Å². The fourth-order valence-electron chi connectivity index (χ4n) is 3.22. The van der Waals surface area contributed by atoms with Crippen LogP contribution in [0.4, 0.5) is 11.4 Å². The summed E-state index contributed by atoms with van der Waals surface area (Å²) in [5.41, 5.74) is 1.42. The first kappa shape index (κ1) is 16.3. The zero-order chi connectivity index (χ0) is 17.3. The maximum atomic E-state index is 12.2. The van der Waals surface area contributed by atoms with Crippen molar-refractivity contribution in [2.24, 2.45) is 0 Å². The maximum Gasteiger partial charge on any atom is 0.252 e. The summed E-state index contributed by atoms with van der Waals surface area (Å²) in [6, 6.07) is 4.81. The van der Waals surface area contributed by atoms with E-state index in [1.54, 1.807) is 31.1 Å². The van der Waals surface area contributed by atoms with Crippen LogP contribution < -0.4 is 15.0 Å². The molecule has 1 atom stereocenters. The maximum absolute atomic E-state index is 12.2. The van der Waals surface area contributed by atoms with Gasteiger partial charge >= 0.3 is 0 Å². The van der Waals surface area contributed by atoms with E-state index in [2.05, 4.69) is 5.32 Å². The second kappa shape index (κ2) is 6.51. The van der Waals surface area contributed by atoms with Crippen molar-refractivity contribution in [2.75, 3.05) is 30.4 Å². The van der Waals surface area contributed by atoms with Gasteiger partial charge in [0.15, 0.2) is 0 Å². The van der Waals surface area contributed by atoms with Crippen molar-refractivity contribution < 1.29 is 19.1 Å². The molecule has 3 amide bonds. The lowest BCUT2D eigenvalue weighted by Gasteiger charge is -2.20. The molecule has 0 aromatic heterocycles. The van der Waals surface area contributed by atoms with Crippen molar-refractivity contribution in [3.05, 3.63) is 18.2 Å². The van der Waals surface area contributed by atoms with Crippen LogP contribution >= 0.6 is 0 Å². The molecule has 2 aliphatic rings. The fourth-order valence-corrected chi connectivity index (χ4v) is 3.22. The second-order valence-electron chi connectivity index (χ2n) is 5.91. The summed E-state index contributed by atoms with van der Waals surface area (Å²) in [7, 11) is 1.55. The summed E-state index contributed by atoms with van der Waals surface area (Å²) < 4.78 is 5.41. The number of imide groups is 1. The molecule has 24 heavy (non-hydrogen) atoms. The van der Waals surface area contributed by atoms with Crippen molar-refractivity contribution in [3.63, 3.8) is 0 Å². The number of anilines is 2. The van der Waals surface area contributed by atoms with E-state index in [4.69, 9.17) is 4.74 Å². The van der Waals surface area contributed by atoms with Gasteiger partial charge in [-0.1, -0.05) is 0 Å². The molecule has 0 spiro atoms. The molecule has 3 rings (SSSR count). The summed E-state index contributed by atoms with van der Waals surface area (Å²) in [4.78, 5) is 38.9. The minimum Gasteiger partial charge on any atom is -0.494 e. The van der Waals surface area contributed by atoms with Crippen LogP contribution in [0.3, 0.4) is 0 Å². The number of hydrogen-bond donors (Lipinski definition) is 1. The van der Waals surface area contributed by atoms with E-state index < -0.39 is 6.04 Å². The Balaban J connectivity index is 1.79. The largest absolute Gasteiger partial charge is 0.494 e. The summed E-state index contributed by atoms with van der Waals surface area (Å²) in [5.74, 6) is 0.287.